The standard InChI is InChI=1S/C18H14ClFIN3O/c1-10-3-6-13(9-15(10)21)22-18(25)16-11(2)23-24(17(16)19)14-7-4-12(20)5-8-14/h3-9H,1-2H3,(H,22,25). The summed E-state index contributed by atoms with van der Waals surface area (Å²) < 4.78 is 15.6. The highest BCUT2D eigenvalue weighted by molar-refractivity contribution is 14.1. The highest BCUT2D eigenvalue weighted by atomic mass is 127. The third-order valence-electron chi connectivity index (χ3n) is 3.73. The average Bonchev–Trinajstić information content (AvgIpc) is 2.86. The molecule has 0 saturated heterocycles. The largest absolute Gasteiger partial charge is 0.322 e. The number of hydrogen-bond acceptors (Lipinski definition) is 2. The summed E-state index contributed by atoms with van der Waals surface area (Å²) in [7, 11) is 0. The first kappa shape index (κ1) is 17.9. The third kappa shape index (κ3) is 3.69. The Kier molecular flexibility index (Phi) is 5.10. The van der Waals surface area contributed by atoms with Gasteiger partial charge in [0.1, 0.15) is 16.5 Å². The predicted molar refractivity (Wildman–Crippen MR) is 105 cm³/mol. The van der Waals surface area contributed by atoms with Crippen LogP contribution in [0, 0.1) is 23.2 Å². The number of benzene rings is 2. The lowest BCUT2D eigenvalue weighted by atomic mass is 10.2. The molecular weight excluding hydrogens is 456 g/mol. The van der Waals surface area contributed by atoms with Crippen LogP contribution in [0.5, 0.6) is 0 Å². The third-order valence-corrected chi connectivity index (χ3v) is 5.24. The van der Waals surface area contributed by atoms with E-state index < -0.39 is 0 Å². The Labute approximate surface area is 163 Å². The van der Waals surface area contributed by atoms with Crippen LogP contribution in [-0.2, 0) is 0 Å². The molecule has 1 N–H and O–H groups in total. The van der Waals surface area contributed by atoms with Crippen LogP contribution >= 0.6 is 34.2 Å². The number of nitrogens with one attached hydrogen (secondary N) is 1. The fourth-order valence-corrected chi connectivity index (χ4v) is 3.25. The zero-order valence-corrected chi connectivity index (χ0v) is 16.4. The minimum Gasteiger partial charge on any atom is -0.322 e. The molecule has 3 rings (SSSR count). The van der Waals surface area contributed by atoms with E-state index in [-0.39, 0.29) is 16.9 Å². The molecule has 25 heavy (non-hydrogen) atoms. The number of nitrogens with zero attached hydrogens (tertiary/aromatic N) is 2. The SMILES string of the molecule is Cc1ccc(NC(=O)c2c(C)nn(-c3ccc(F)cc3)c2Cl)cc1I. The minimum atomic E-state index is -0.351. The molecular formula is C18H14ClFIN3O. The van der Waals surface area contributed by atoms with Gasteiger partial charge in [0, 0.05) is 9.26 Å². The van der Waals surface area contributed by atoms with Gasteiger partial charge in [-0.15, -0.1) is 0 Å². The Balaban J connectivity index is 1.93. The summed E-state index contributed by atoms with van der Waals surface area (Å²) in [6, 6.07) is 11.4. The van der Waals surface area contributed by atoms with Crippen LogP contribution in [0.25, 0.3) is 5.69 Å². The van der Waals surface area contributed by atoms with Crippen LogP contribution in [-0.4, -0.2) is 15.7 Å². The molecule has 7 heteroatoms. The van der Waals surface area contributed by atoms with Gasteiger partial charge >= 0.3 is 0 Å². The summed E-state index contributed by atoms with van der Waals surface area (Å²) in [4.78, 5) is 12.6. The maximum Gasteiger partial charge on any atom is 0.260 e. The van der Waals surface area contributed by atoms with E-state index in [1.807, 2.05) is 25.1 Å². The van der Waals surface area contributed by atoms with E-state index in [2.05, 4.69) is 33.0 Å². The molecule has 3 aromatic rings. The molecule has 0 saturated carbocycles. The summed E-state index contributed by atoms with van der Waals surface area (Å²) in [5.74, 6) is -0.689. The van der Waals surface area contributed by atoms with E-state index in [1.54, 1.807) is 19.1 Å². The number of rotatable bonds is 3. The molecule has 2 aromatic carbocycles. The van der Waals surface area contributed by atoms with Crippen molar-refractivity contribution in [3.05, 3.63) is 73.8 Å². The lowest BCUT2D eigenvalue weighted by Gasteiger charge is -2.07. The summed E-state index contributed by atoms with van der Waals surface area (Å²) in [5, 5.41) is 7.33. The summed E-state index contributed by atoms with van der Waals surface area (Å²) >= 11 is 8.58. The molecule has 0 bridgehead atoms. The fourth-order valence-electron chi connectivity index (χ4n) is 2.37. The Morgan fingerprint density at radius 2 is 1.88 bits per heavy atom. The Morgan fingerprint density at radius 1 is 1.20 bits per heavy atom. The first-order valence-electron chi connectivity index (χ1n) is 7.45. The van der Waals surface area contributed by atoms with Gasteiger partial charge < -0.3 is 5.32 Å². The van der Waals surface area contributed by atoms with Gasteiger partial charge in [0.05, 0.1) is 11.4 Å². The zero-order valence-electron chi connectivity index (χ0n) is 13.5. The van der Waals surface area contributed by atoms with E-state index in [1.165, 1.54) is 16.8 Å². The van der Waals surface area contributed by atoms with Gasteiger partial charge in [-0.25, -0.2) is 9.07 Å². The van der Waals surface area contributed by atoms with E-state index in [4.69, 9.17) is 11.6 Å². The lowest BCUT2D eigenvalue weighted by molar-refractivity contribution is 0.102. The first-order valence-corrected chi connectivity index (χ1v) is 8.91. The minimum absolute atomic E-state index is 0.184. The van der Waals surface area contributed by atoms with Crippen LogP contribution in [0.4, 0.5) is 10.1 Å². The molecule has 0 fully saturated rings. The zero-order chi connectivity index (χ0) is 18.1. The van der Waals surface area contributed by atoms with Crippen LogP contribution in [0.2, 0.25) is 5.15 Å². The molecule has 1 amide bonds. The molecule has 1 heterocycles. The Hall–Kier alpha value is -1.93. The van der Waals surface area contributed by atoms with Crippen molar-refractivity contribution in [1.29, 1.82) is 0 Å². The number of carbonyl (C=O) groups excluding carboxylic acids is 1. The van der Waals surface area contributed by atoms with Gasteiger partial charge in [0.25, 0.3) is 5.91 Å². The Bertz CT molecular complexity index is 954. The first-order chi connectivity index (χ1) is 11.9. The number of amides is 1. The van der Waals surface area contributed by atoms with E-state index >= 15 is 0 Å². The van der Waals surface area contributed by atoms with Gasteiger partial charge in [-0.05, 0) is 78.4 Å². The topological polar surface area (TPSA) is 46.9 Å². The molecule has 0 aliphatic heterocycles. The van der Waals surface area contributed by atoms with Crippen LogP contribution in [0.3, 0.4) is 0 Å². The number of carbonyl (C=O) groups is 1. The van der Waals surface area contributed by atoms with Crippen molar-refractivity contribution in [3.8, 4) is 5.69 Å². The molecule has 0 aliphatic carbocycles. The smallest absolute Gasteiger partial charge is 0.260 e. The molecule has 0 unspecified atom stereocenters. The highest BCUT2D eigenvalue weighted by Crippen LogP contribution is 2.25. The number of hydrogen-bond donors (Lipinski definition) is 1. The summed E-state index contributed by atoms with van der Waals surface area (Å²) in [5.41, 5.74) is 3.19. The normalized spacial score (nSPS) is 10.8. The second-order valence-corrected chi connectivity index (χ2v) is 7.08. The fraction of sp³-hybridized carbons (Fsp3) is 0.111. The molecule has 0 aliphatic rings. The number of aryl methyl sites for hydroxylation is 2. The highest BCUT2D eigenvalue weighted by Gasteiger charge is 2.21. The van der Waals surface area contributed by atoms with E-state index in [0.717, 1.165) is 9.13 Å². The molecule has 0 atom stereocenters. The van der Waals surface area contributed by atoms with Crippen LogP contribution in [0.1, 0.15) is 21.6 Å². The number of halogens is 3. The molecule has 0 spiro atoms. The maximum absolute atomic E-state index is 13.1. The van der Waals surface area contributed by atoms with Crippen molar-refractivity contribution < 1.29 is 9.18 Å². The molecule has 1 aromatic heterocycles. The second-order valence-electron chi connectivity index (χ2n) is 5.56. The summed E-state index contributed by atoms with van der Waals surface area (Å²) in [6.45, 7) is 3.71. The number of anilines is 1. The second kappa shape index (κ2) is 7.13. The van der Waals surface area contributed by atoms with Gasteiger partial charge in [0.15, 0.2) is 0 Å². The van der Waals surface area contributed by atoms with E-state index in [0.29, 0.717) is 22.6 Å². The lowest BCUT2D eigenvalue weighted by Crippen LogP contribution is -2.13. The molecule has 0 radical (unpaired) electrons. The Morgan fingerprint density at radius 3 is 2.52 bits per heavy atom. The summed E-state index contributed by atoms with van der Waals surface area (Å²) in [6.07, 6.45) is 0. The van der Waals surface area contributed by atoms with E-state index in [9.17, 15) is 9.18 Å². The van der Waals surface area contributed by atoms with Crippen molar-refractivity contribution in [2.45, 2.75) is 13.8 Å². The monoisotopic (exact) mass is 469 g/mol. The molecule has 4 nitrogen and oxygen atoms in total. The van der Waals surface area contributed by atoms with Crippen LogP contribution < -0.4 is 5.32 Å². The van der Waals surface area contributed by atoms with Crippen molar-refractivity contribution in [1.82, 2.24) is 9.78 Å². The van der Waals surface area contributed by atoms with Gasteiger partial charge in [-0.3, -0.25) is 4.79 Å². The molecule has 128 valence electrons. The van der Waals surface area contributed by atoms with Gasteiger partial charge in [-0.2, -0.15) is 5.10 Å². The van der Waals surface area contributed by atoms with Gasteiger partial charge in [-0.1, -0.05) is 17.7 Å². The van der Waals surface area contributed by atoms with Gasteiger partial charge in [0.2, 0.25) is 0 Å². The maximum atomic E-state index is 13.1. The number of aromatic nitrogens is 2. The van der Waals surface area contributed by atoms with Crippen molar-refractivity contribution in [3.63, 3.8) is 0 Å². The van der Waals surface area contributed by atoms with Crippen LogP contribution in [0.15, 0.2) is 42.5 Å². The quantitative estimate of drug-likeness (QED) is 0.540. The van der Waals surface area contributed by atoms with Crippen molar-refractivity contribution in [2.75, 3.05) is 5.32 Å². The predicted octanol–water partition coefficient (Wildman–Crippen LogP) is 5.14. The van der Waals surface area contributed by atoms with Crippen molar-refractivity contribution in [2.24, 2.45) is 0 Å². The van der Waals surface area contributed by atoms with Crippen molar-refractivity contribution >= 4 is 45.8 Å². The average molecular weight is 470 g/mol.